The Morgan fingerprint density at radius 1 is 1.25 bits per heavy atom. The van der Waals surface area contributed by atoms with E-state index >= 15 is 0 Å². The summed E-state index contributed by atoms with van der Waals surface area (Å²) in [5, 5.41) is 22.7. The summed E-state index contributed by atoms with van der Waals surface area (Å²) >= 11 is 1.68. The van der Waals surface area contributed by atoms with Crippen LogP contribution >= 0.6 is 11.3 Å². The molecular weight excluding hydrogens is 322 g/mol. The Labute approximate surface area is 145 Å². The molecule has 6 heteroatoms. The average molecular weight is 345 g/mol. The minimum atomic E-state index is -0.541. The molecular formula is C18H23N3O2S. The summed E-state index contributed by atoms with van der Waals surface area (Å²) in [7, 11) is 0. The van der Waals surface area contributed by atoms with Crippen LogP contribution in [0.2, 0.25) is 0 Å². The number of fused-ring (bicyclic) bond motifs is 1. The van der Waals surface area contributed by atoms with Crippen molar-refractivity contribution in [2.75, 3.05) is 13.2 Å². The first kappa shape index (κ1) is 17.0. The zero-order valence-corrected chi connectivity index (χ0v) is 15.0. The second-order valence-corrected chi connectivity index (χ2v) is 7.77. The van der Waals surface area contributed by atoms with E-state index in [4.69, 9.17) is 4.74 Å². The number of H-pyrrole nitrogens is 1. The lowest BCUT2D eigenvalue weighted by atomic mass is 10.1. The smallest absolute Gasteiger partial charge is 0.119 e. The van der Waals surface area contributed by atoms with Gasteiger partial charge in [-0.1, -0.05) is 0 Å². The van der Waals surface area contributed by atoms with Gasteiger partial charge in [0.25, 0.3) is 0 Å². The highest BCUT2D eigenvalue weighted by molar-refractivity contribution is 7.17. The van der Waals surface area contributed by atoms with Gasteiger partial charge >= 0.3 is 0 Å². The molecule has 0 radical (unpaired) electrons. The third-order valence-electron chi connectivity index (χ3n) is 3.61. The Morgan fingerprint density at radius 3 is 2.71 bits per heavy atom. The molecule has 3 rings (SSSR count). The lowest BCUT2D eigenvalue weighted by Crippen LogP contribution is -2.42. The number of thiophene rings is 1. The largest absolute Gasteiger partial charge is 0.491 e. The van der Waals surface area contributed by atoms with Crippen molar-refractivity contribution in [2.24, 2.45) is 0 Å². The third kappa shape index (κ3) is 4.14. The molecule has 3 N–H and O–H groups in total. The van der Waals surface area contributed by atoms with Crippen LogP contribution in [-0.4, -0.2) is 40.1 Å². The van der Waals surface area contributed by atoms with E-state index < -0.39 is 6.10 Å². The van der Waals surface area contributed by atoms with Gasteiger partial charge in [0, 0.05) is 17.6 Å². The topological polar surface area (TPSA) is 70.2 Å². The summed E-state index contributed by atoms with van der Waals surface area (Å²) in [6, 6.07) is 9.83. The number of hydrogen-bond acceptors (Lipinski definition) is 5. The van der Waals surface area contributed by atoms with Crippen molar-refractivity contribution in [3.05, 3.63) is 35.7 Å². The summed E-state index contributed by atoms with van der Waals surface area (Å²) in [4.78, 5) is 0. The number of aliphatic hydroxyl groups excluding tert-OH is 1. The van der Waals surface area contributed by atoms with Crippen molar-refractivity contribution in [2.45, 2.75) is 32.4 Å². The van der Waals surface area contributed by atoms with Crippen LogP contribution in [0.1, 0.15) is 20.8 Å². The monoisotopic (exact) mass is 345 g/mol. The molecule has 128 valence electrons. The maximum absolute atomic E-state index is 9.97. The lowest BCUT2D eigenvalue weighted by Gasteiger charge is -2.22. The van der Waals surface area contributed by atoms with E-state index in [1.807, 2.05) is 30.3 Å². The molecule has 0 amide bonds. The van der Waals surface area contributed by atoms with E-state index in [-0.39, 0.29) is 12.1 Å². The molecule has 1 atom stereocenters. The molecule has 0 spiro atoms. The van der Waals surface area contributed by atoms with Gasteiger partial charge in [0.15, 0.2) is 0 Å². The first-order valence-corrected chi connectivity index (χ1v) is 8.88. The van der Waals surface area contributed by atoms with Gasteiger partial charge in [0.1, 0.15) is 24.2 Å². The number of hydrogen-bond donors (Lipinski definition) is 3. The van der Waals surface area contributed by atoms with Gasteiger partial charge < -0.3 is 15.2 Å². The highest BCUT2D eigenvalue weighted by Gasteiger charge is 2.13. The summed E-state index contributed by atoms with van der Waals surface area (Å²) < 4.78 is 6.82. The Kier molecular flexibility index (Phi) is 4.89. The summed E-state index contributed by atoms with van der Waals surface area (Å²) in [5.74, 6) is 0.742. The zero-order chi connectivity index (χ0) is 17.2. The highest BCUT2D eigenvalue weighted by Crippen LogP contribution is 2.31. The van der Waals surface area contributed by atoms with Crippen molar-refractivity contribution in [3.63, 3.8) is 0 Å². The summed E-state index contributed by atoms with van der Waals surface area (Å²) in [6.45, 7) is 6.97. The molecule has 0 fully saturated rings. The fourth-order valence-electron chi connectivity index (χ4n) is 2.33. The number of aromatic nitrogens is 2. The molecule has 0 aliphatic carbocycles. The number of nitrogens with one attached hydrogen (secondary N) is 2. The molecule has 3 aromatic rings. The first-order valence-electron chi connectivity index (χ1n) is 8.00. The summed E-state index contributed by atoms with van der Waals surface area (Å²) in [5.41, 5.74) is 3.05. The molecule has 2 aromatic heterocycles. The molecule has 0 saturated heterocycles. The number of ether oxygens (including phenoxy) is 1. The van der Waals surface area contributed by atoms with Crippen molar-refractivity contribution in [1.29, 1.82) is 0 Å². The minimum Gasteiger partial charge on any atom is -0.491 e. The number of benzene rings is 1. The molecule has 24 heavy (non-hydrogen) atoms. The zero-order valence-electron chi connectivity index (χ0n) is 14.2. The second kappa shape index (κ2) is 6.93. The Balaban J connectivity index is 1.58. The van der Waals surface area contributed by atoms with Crippen LogP contribution in [0.25, 0.3) is 21.5 Å². The standard InChI is InChI=1S/C18H23N3O2S/c1-18(2,3)19-10-13(22)11-23-14-6-4-12(5-7-14)16-17-15(20-21-16)8-9-24-17/h4-9,13,19,22H,10-11H2,1-3H3,(H,20,21). The molecule has 0 aliphatic rings. The van der Waals surface area contributed by atoms with Crippen LogP contribution in [0.5, 0.6) is 5.75 Å². The molecule has 1 aromatic carbocycles. The molecule has 5 nitrogen and oxygen atoms in total. The highest BCUT2D eigenvalue weighted by atomic mass is 32.1. The number of aliphatic hydroxyl groups is 1. The van der Waals surface area contributed by atoms with Gasteiger partial charge in [-0.2, -0.15) is 5.10 Å². The van der Waals surface area contributed by atoms with Crippen molar-refractivity contribution in [3.8, 4) is 17.0 Å². The molecule has 0 bridgehead atoms. The van der Waals surface area contributed by atoms with E-state index in [1.54, 1.807) is 11.3 Å². The van der Waals surface area contributed by atoms with Crippen LogP contribution in [0.15, 0.2) is 35.7 Å². The first-order chi connectivity index (χ1) is 11.4. The molecule has 0 saturated carbocycles. The second-order valence-electron chi connectivity index (χ2n) is 6.86. The van der Waals surface area contributed by atoms with E-state index in [1.165, 1.54) is 0 Å². The quantitative estimate of drug-likeness (QED) is 0.640. The maximum atomic E-state index is 9.97. The molecule has 2 heterocycles. The van der Waals surface area contributed by atoms with E-state index in [0.717, 1.165) is 27.2 Å². The predicted octanol–water partition coefficient (Wildman–Crippen LogP) is 3.42. The van der Waals surface area contributed by atoms with Crippen LogP contribution in [0.4, 0.5) is 0 Å². The Bertz CT molecular complexity index is 787. The van der Waals surface area contributed by atoms with Gasteiger partial charge in [-0.05, 0) is 56.5 Å². The number of nitrogens with zero attached hydrogens (tertiary/aromatic N) is 1. The molecule has 0 aliphatic heterocycles. The number of aromatic amines is 1. The normalized spacial score (nSPS) is 13.3. The van der Waals surface area contributed by atoms with Crippen LogP contribution in [0, 0.1) is 0 Å². The number of β-amino-alcohol motifs (C(OH)–C–C–N with tert-alkyl or cyclic N) is 1. The Morgan fingerprint density at radius 2 is 2.00 bits per heavy atom. The van der Waals surface area contributed by atoms with Crippen molar-refractivity contribution >= 4 is 21.6 Å². The van der Waals surface area contributed by atoms with E-state index in [0.29, 0.717) is 6.54 Å². The third-order valence-corrected chi connectivity index (χ3v) is 4.53. The van der Waals surface area contributed by atoms with Crippen LogP contribution < -0.4 is 10.1 Å². The fraction of sp³-hybridized carbons (Fsp3) is 0.389. The maximum Gasteiger partial charge on any atom is 0.119 e. The lowest BCUT2D eigenvalue weighted by molar-refractivity contribution is 0.100. The summed E-state index contributed by atoms with van der Waals surface area (Å²) in [6.07, 6.45) is -0.541. The fourth-order valence-corrected chi connectivity index (χ4v) is 3.18. The molecule has 1 unspecified atom stereocenters. The van der Waals surface area contributed by atoms with Crippen LogP contribution in [-0.2, 0) is 0 Å². The van der Waals surface area contributed by atoms with Gasteiger partial charge in [0.05, 0.1) is 10.2 Å². The predicted molar refractivity (Wildman–Crippen MR) is 98.7 cm³/mol. The number of rotatable bonds is 6. The van der Waals surface area contributed by atoms with Gasteiger partial charge in [0.2, 0.25) is 0 Å². The minimum absolute atomic E-state index is 0.0146. The van der Waals surface area contributed by atoms with E-state index in [9.17, 15) is 5.11 Å². The van der Waals surface area contributed by atoms with Crippen LogP contribution in [0.3, 0.4) is 0 Å². The van der Waals surface area contributed by atoms with Gasteiger partial charge in [-0.25, -0.2) is 0 Å². The van der Waals surface area contributed by atoms with Gasteiger partial charge in [-0.3, -0.25) is 5.10 Å². The van der Waals surface area contributed by atoms with Crippen molar-refractivity contribution < 1.29 is 9.84 Å². The SMILES string of the molecule is CC(C)(C)NCC(O)COc1ccc(-c2n[nH]c3ccsc23)cc1. The van der Waals surface area contributed by atoms with Gasteiger partial charge in [-0.15, -0.1) is 11.3 Å². The average Bonchev–Trinajstić information content (AvgIpc) is 3.14. The van der Waals surface area contributed by atoms with E-state index in [2.05, 4.69) is 41.7 Å². The Hall–Kier alpha value is -1.89. The van der Waals surface area contributed by atoms with Crippen molar-refractivity contribution in [1.82, 2.24) is 15.5 Å².